The van der Waals surface area contributed by atoms with Crippen LogP contribution in [0.5, 0.6) is 17.2 Å². The Bertz CT molecular complexity index is 480. The third-order valence-corrected chi connectivity index (χ3v) is 3.52. The molecule has 0 radical (unpaired) electrons. The molecule has 0 amide bonds. The van der Waals surface area contributed by atoms with E-state index in [2.05, 4.69) is 6.07 Å². The Morgan fingerprint density at radius 3 is 1.80 bits per heavy atom. The lowest BCUT2D eigenvalue weighted by Gasteiger charge is -2.23. The van der Waals surface area contributed by atoms with Crippen molar-refractivity contribution >= 4 is 8.32 Å². The van der Waals surface area contributed by atoms with Crippen LogP contribution in [0.15, 0.2) is 12.1 Å². The van der Waals surface area contributed by atoms with Gasteiger partial charge in [0, 0.05) is 5.56 Å². The van der Waals surface area contributed by atoms with Crippen LogP contribution in [0.25, 0.3) is 0 Å². The van der Waals surface area contributed by atoms with E-state index in [-0.39, 0.29) is 0 Å². The van der Waals surface area contributed by atoms with E-state index in [1.54, 1.807) is 33.5 Å². The monoisotopic (exact) mass is 295 g/mol. The number of nitriles is 1. The summed E-state index contributed by atoms with van der Waals surface area (Å²) in [5.74, 6) is 1.53. The van der Waals surface area contributed by atoms with Crippen LogP contribution in [-0.4, -0.2) is 29.6 Å². The van der Waals surface area contributed by atoms with Gasteiger partial charge < -0.3 is 18.6 Å². The molecule has 1 rings (SSSR count). The van der Waals surface area contributed by atoms with Gasteiger partial charge in [-0.1, -0.05) is 0 Å². The molecule has 0 aliphatic carbocycles. The Hall–Kier alpha value is -1.71. The van der Waals surface area contributed by atoms with E-state index in [0.717, 1.165) is 0 Å². The highest BCUT2D eigenvalue weighted by Gasteiger charge is 2.24. The van der Waals surface area contributed by atoms with Crippen molar-refractivity contribution < 1.29 is 18.6 Å². The lowest BCUT2D eigenvalue weighted by Crippen LogP contribution is -2.27. The summed E-state index contributed by atoms with van der Waals surface area (Å²) in [6.07, 6.45) is -0.643. The standard InChI is InChI=1S/C14H21NO4Si/c1-16-11-7-10(8-12(17-2)14(11)18-3)13(9-15)19-20(4,5)6/h7-8,13H,1-6H3. The van der Waals surface area contributed by atoms with Crippen LogP contribution in [0.2, 0.25) is 19.6 Å². The first-order chi connectivity index (χ1) is 9.36. The lowest BCUT2D eigenvalue weighted by atomic mass is 10.1. The van der Waals surface area contributed by atoms with Crippen LogP contribution in [-0.2, 0) is 4.43 Å². The zero-order valence-electron chi connectivity index (χ0n) is 12.8. The van der Waals surface area contributed by atoms with Gasteiger partial charge in [0.2, 0.25) is 5.75 Å². The fourth-order valence-corrected chi connectivity index (χ4v) is 2.67. The second kappa shape index (κ2) is 6.64. The van der Waals surface area contributed by atoms with Crippen LogP contribution in [0, 0.1) is 11.3 Å². The Morgan fingerprint density at radius 2 is 1.50 bits per heavy atom. The molecule has 0 N–H and O–H groups in total. The van der Waals surface area contributed by atoms with Gasteiger partial charge in [0.15, 0.2) is 25.9 Å². The number of rotatable bonds is 6. The van der Waals surface area contributed by atoms with E-state index >= 15 is 0 Å². The minimum atomic E-state index is -1.84. The summed E-state index contributed by atoms with van der Waals surface area (Å²) >= 11 is 0. The summed E-state index contributed by atoms with van der Waals surface area (Å²) < 4.78 is 21.7. The van der Waals surface area contributed by atoms with Gasteiger partial charge in [-0.05, 0) is 31.8 Å². The van der Waals surface area contributed by atoms with Crippen molar-refractivity contribution in [3.05, 3.63) is 17.7 Å². The van der Waals surface area contributed by atoms with Gasteiger partial charge in [-0.3, -0.25) is 0 Å². The topological polar surface area (TPSA) is 60.7 Å². The highest BCUT2D eigenvalue weighted by atomic mass is 28.4. The first-order valence-electron chi connectivity index (χ1n) is 6.23. The van der Waals surface area contributed by atoms with Crippen LogP contribution in [0.1, 0.15) is 11.7 Å². The Morgan fingerprint density at radius 1 is 1.00 bits per heavy atom. The maximum atomic E-state index is 9.33. The Labute approximate surface area is 121 Å². The molecule has 0 bridgehead atoms. The second-order valence-electron chi connectivity index (χ2n) is 5.20. The molecule has 20 heavy (non-hydrogen) atoms. The van der Waals surface area contributed by atoms with E-state index in [4.69, 9.17) is 18.6 Å². The third kappa shape index (κ3) is 3.89. The van der Waals surface area contributed by atoms with Crippen molar-refractivity contribution in [3.63, 3.8) is 0 Å². The molecule has 0 aliphatic heterocycles. The van der Waals surface area contributed by atoms with Gasteiger partial charge in [0.1, 0.15) is 0 Å². The maximum Gasteiger partial charge on any atom is 0.203 e. The summed E-state index contributed by atoms with van der Waals surface area (Å²) in [5, 5.41) is 9.33. The van der Waals surface area contributed by atoms with Crippen molar-refractivity contribution in [1.29, 1.82) is 5.26 Å². The molecule has 1 atom stereocenters. The first-order valence-corrected chi connectivity index (χ1v) is 9.64. The van der Waals surface area contributed by atoms with E-state index in [1.165, 1.54) is 0 Å². The average Bonchev–Trinajstić information content (AvgIpc) is 2.41. The van der Waals surface area contributed by atoms with Crippen LogP contribution < -0.4 is 14.2 Å². The molecule has 5 nitrogen and oxygen atoms in total. The lowest BCUT2D eigenvalue weighted by molar-refractivity contribution is 0.252. The largest absolute Gasteiger partial charge is 0.493 e. The zero-order chi connectivity index (χ0) is 15.3. The number of nitrogens with zero attached hydrogens (tertiary/aromatic N) is 1. The molecule has 0 saturated heterocycles. The Balaban J connectivity index is 3.27. The van der Waals surface area contributed by atoms with Crippen molar-refractivity contribution in [2.24, 2.45) is 0 Å². The summed E-state index contributed by atoms with van der Waals surface area (Å²) in [7, 11) is 2.79. The van der Waals surface area contributed by atoms with Crippen LogP contribution in [0.3, 0.4) is 0 Å². The van der Waals surface area contributed by atoms with E-state index in [9.17, 15) is 5.26 Å². The zero-order valence-corrected chi connectivity index (χ0v) is 13.8. The molecule has 110 valence electrons. The highest BCUT2D eigenvalue weighted by molar-refractivity contribution is 6.69. The summed E-state index contributed by atoms with van der Waals surface area (Å²) in [6.45, 7) is 6.11. The predicted molar refractivity (Wildman–Crippen MR) is 78.9 cm³/mol. The molecule has 0 heterocycles. The van der Waals surface area contributed by atoms with Gasteiger partial charge in [0.25, 0.3) is 0 Å². The predicted octanol–water partition coefficient (Wildman–Crippen LogP) is 3.13. The highest BCUT2D eigenvalue weighted by Crippen LogP contribution is 2.40. The molecule has 0 aliphatic rings. The first kappa shape index (κ1) is 16.3. The van der Waals surface area contributed by atoms with Gasteiger partial charge >= 0.3 is 0 Å². The number of hydrogen-bond acceptors (Lipinski definition) is 5. The quantitative estimate of drug-likeness (QED) is 0.755. The van der Waals surface area contributed by atoms with E-state index < -0.39 is 14.4 Å². The van der Waals surface area contributed by atoms with Crippen LogP contribution >= 0.6 is 0 Å². The summed E-state index contributed by atoms with van der Waals surface area (Å²) in [4.78, 5) is 0. The molecule has 1 aromatic rings. The molecule has 1 aromatic carbocycles. The fourth-order valence-electron chi connectivity index (χ4n) is 1.78. The van der Waals surface area contributed by atoms with Gasteiger partial charge in [-0.15, -0.1) is 0 Å². The van der Waals surface area contributed by atoms with Crippen LogP contribution in [0.4, 0.5) is 0 Å². The summed E-state index contributed by atoms with van der Waals surface area (Å²) in [5.41, 5.74) is 0.699. The van der Waals surface area contributed by atoms with E-state index in [1.807, 2.05) is 19.6 Å². The maximum absolute atomic E-state index is 9.33. The van der Waals surface area contributed by atoms with Gasteiger partial charge in [0.05, 0.1) is 27.4 Å². The number of ether oxygens (including phenoxy) is 3. The molecule has 0 fully saturated rings. The Kier molecular flexibility index (Phi) is 5.42. The van der Waals surface area contributed by atoms with E-state index in [0.29, 0.717) is 22.8 Å². The normalized spacial score (nSPS) is 12.4. The SMILES string of the molecule is COc1cc(C(C#N)O[Si](C)(C)C)cc(OC)c1OC. The minimum Gasteiger partial charge on any atom is -0.493 e. The molecule has 6 heteroatoms. The molecule has 1 unspecified atom stereocenters. The summed E-state index contributed by atoms with van der Waals surface area (Å²) in [6, 6.07) is 5.67. The average molecular weight is 295 g/mol. The van der Waals surface area contributed by atoms with Gasteiger partial charge in [-0.2, -0.15) is 5.26 Å². The fraction of sp³-hybridized carbons (Fsp3) is 0.500. The number of benzene rings is 1. The second-order valence-corrected chi connectivity index (χ2v) is 9.66. The third-order valence-electron chi connectivity index (χ3n) is 2.58. The molecule has 0 aromatic heterocycles. The smallest absolute Gasteiger partial charge is 0.203 e. The minimum absolute atomic E-state index is 0.503. The van der Waals surface area contributed by atoms with Gasteiger partial charge in [-0.25, -0.2) is 0 Å². The molecular formula is C14H21NO4Si. The van der Waals surface area contributed by atoms with Crippen molar-refractivity contribution in [2.75, 3.05) is 21.3 Å². The number of hydrogen-bond donors (Lipinski definition) is 0. The van der Waals surface area contributed by atoms with Crippen molar-refractivity contribution in [3.8, 4) is 23.3 Å². The van der Waals surface area contributed by atoms with Crippen molar-refractivity contribution in [2.45, 2.75) is 25.7 Å². The molecule has 0 spiro atoms. The molecular weight excluding hydrogens is 274 g/mol. The number of methoxy groups -OCH3 is 3. The molecule has 0 saturated carbocycles. The van der Waals surface area contributed by atoms with Crippen molar-refractivity contribution in [1.82, 2.24) is 0 Å².